The molecule has 0 amide bonds. The van der Waals surface area contributed by atoms with E-state index in [1.54, 1.807) is 6.07 Å². The molecule has 3 heterocycles. The molecule has 0 unspecified atom stereocenters. The molecule has 6 nitrogen and oxygen atoms in total. The molecule has 2 fully saturated rings. The van der Waals surface area contributed by atoms with Gasteiger partial charge in [-0.25, -0.2) is 9.97 Å². The number of anilines is 2. The quantitative estimate of drug-likeness (QED) is 0.727. The number of nitrogens with one attached hydrogen (secondary N) is 2. The SMILES string of the molecule is Nc1cccc(-c2ccnc(NC3CCC(NC[C@@H]4CCCO4)CC3)c2)n1. The molecule has 6 heteroatoms. The van der Waals surface area contributed by atoms with Crippen LogP contribution in [0.15, 0.2) is 36.5 Å². The fourth-order valence-corrected chi connectivity index (χ4v) is 4.04. The Bertz CT molecular complexity index is 739. The van der Waals surface area contributed by atoms with Crippen LogP contribution >= 0.6 is 0 Å². The third-order valence-electron chi connectivity index (χ3n) is 5.56. The topological polar surface area (TPSA) is 85.1 Å². The first-order chi connectivity index (χ1) is 13.3. The van der Waals surface area contributed by atoms with Crippen molar-refractivity contribution in [1.82, 2.24) is 15.3 Å². The molecule has 2 aromatic rings. The summed E-state index contributed by atoms with van der Waals surface area (Å²) in [6.45, 7) is 1.93. The molecule has 0 aromatic carbocycles. The van der Waals surface area contributed by atoms with Crippen LogP contribution in [-0.2, 0) is 4.74 Å². The minimum Gasteiger partial charge on any atom is -0.384 e. The predicted molar refractivity (Wildman–Crippen MR) is 109 cm³/mol. The predicted octanol–water partition coefficient (Wildman–Crippen LogP) is 3.22. The lowest BCUT2D eigenvalue weighted by molar-refractivity contribution is 0.105. The van der Waals surface area contributed by atoms with E-state index in [1.807, 2.05) is 24.4 Å². The van der Waals surface area contributed by atoms with Crippen molar-refractivity contribution < 1.29 is 4.74 Å². The molecule has 0 spiro atoms. The Morgan fingerprint density at radius 2 is 1.93 bits per heavy atom. The fourth-order valence-electron chi connectivity index (χ4n) is 4.04. The number of nitrogens with zero attached hydrogens (tertiary/aromatic N) is 2. The fraction of sp³-hybridized carbons (Fsp3) is 0.524. The van der Waals surface area contributed by atoms with Crippen molar-refractivity contribution in [3.05, 3.63) is 36.5 Å². The molecule has 0 radical (unpaired) electrons. The Morgan fingerprint density at radius 1 is 1.07 bits per heavy atom. The van der Waals surface area contributed by atoms with Gasteiger partial charge in [0.15, 0.2) is 0 Å². The summed E-state index contributed by atoms with van der Waals surface area (Å²) in [5.74, 6) is 1.44. The van der Waals surface area contributed by atoms with Crippen LogP contribution in [-0.4, -0.2) is 41.3 Å². The van der Waals surface area contributed by atoms with E-state index in [1.165, 1.54) is 25.7 Å². The van der Waals surface area contributed by atoms with Crippen molar-refractivity contribution in [3.63, 3.8) is 0 Å². The average Bonchev–Trinajstić information content (AvgIpc) is 3.21. The minimum atomic E-state index is 0.424. The molecule has 0 bridgehead atoms. The van der Waals surface area contributed by atoms with Crippen molar-refractivity contribution >= 4 is 11.6 Å². The zero-order valence-electron chi connectivity index (χ0n) is 15.7. The van der Waals surface area contributed by atoms with Gasteiger partial charge in [0.1, 0.15) is 11.6 Å². The Labute approximate surface area is 160 Å². The van der Waals surface area contributed by atoms with Gasteiger partial charge < -0.3 is 21.1 Å². The monoisotopic (exact) mass is 367 g/mol. The van der Waals surface area contributed by atoms with E-state index in [9.17, 15) is 0 Å². The number of hydrogen-bond acceptors (Lipinski definition) is 6. The zero-order chi connectivity index (χ0) is 18.5. The number of rotatable bonds is 6. The van der Waals surface area contributed by atoms with E-state index in [-0.39, 0.29) is 0 Å². The van der Waals surface area contributed by atoms with Gasteiger partial charge in [-0.3, -0.25) is 0 Å². The van der Waals surface area contributed by atoms with Crippen LogP contribution < -0.4 is 16.4 Å². The number of ether oxygens (including phenoxy) is 1. The second-order valence-corrected chi connectivity index (χ2v) is 7.61. The average molecular weight is 367 g/mol. The number of nitrogens with two attached hydrogens (primary N) is 1. The minimum absolute atomic E-state index is 0.424. The summed E-state index contributed by atoms with van der Waals surface area (Å²) in [4.78, 5) is 8.88. The van der Waals surface area contributed by atoms with Gasteiger partial charge in [-0.05, 0) is 62.8 Å². The Balaban J connectivity index is 1.28. The molecule has 4 rings (SSSR count). The Morgan fingerprint density at radius 3 is 2.70 bits per heavy atom. The molecular weight excluding hydrogens is 338 g/mol. The van der Waals surface area contributed by atoms with E-state index >= 15 is 0 Å². The smallest absolute Gasteiger partial charge is 0.126 e. The summed E-state index contributed by atoms with van der Waals surface area (Å²) in [7, 11) is 0. The molecule has 27 heavy (non-hydrogen) atoms. The van der Waals surface area contributed by atoms with Crippen LogP contribution in [0.3, 0.4) is 0 Å². The molecular formula is C21H29N5O. The normalized spacial score (nSPS) is 25.4. The van der Waals surface area contributed by atoms with Crippen molar-refractivity contribution in [2.75, 3.05) is 24.2 Å². The molecule has 1 aliphatic carbocycles. The van der Waals surface area contributed by atoms with Gasteiger partial charge in [-0.2, -0.15) is 0 Å². The number of hydrogen-bond donors (Lipinski definition) is 3. The lowest BCUT2D eigenvalue weighted by atomic mass is 9.91. The molecule has 4 N–H and O–H groups in total. The highest BCUT2D eigenvalue weighted by molar-refractivity contribution is 5.64. The van der Waals surface area contributed by atoms with Crippen LogP contribution in [0.2, 0.25) is 0 Å². The van der Waals surface area contributed by atoms with Crippen molar-refractivity contribution in [2.45, 2.75) is 56.7 Å². The number of nitrogen functional groups attached to an aromatic ring is 1. The molecule has 1 saturated carbocycles. The summed E-state index contributed by atoms with van der Waals surface area (Å²) in [5.41, 5.74) is 7.72. The molecule has 1 atom stereocenters. The first-order valence-corrected chi connectivity index (χ1v) is 10.1. The van der Waals surface area contributed by atoms with Crippen molar-refractivity contribution in [1.29, 1.82) is 0 Å². The van der Waals surface area contributed by atoms with Crippen molar-refractivity contribution in [3.8, 4) is 11.3 Å². The van der Waals surface area contributed by atoms with Gasteiger partial charge >= 0.3 is 0 Å². The van der Waals surface area contributed by atoms with Gasteiger partial charge in [-0.1, -0.05) is 6.07 Å². The maximum atomic E-state index is 5.80. The highest BCUT2D eigenvalue weighted by Crippen LogP contribution is 2.25. The highest BCUT2D eigenvalue weighted by Gasteiger charge is 2.23. The molecule has 2 aliphatic rings. The molecule has 1 aliphatic heterocycles. The second-order valence-electron chi connectivity index (χ2n) is 7.61. The van der Waals surface area contributed by atoms with Crippen LogP contribution in [0.25, 0.3) is 11.3 Å². The maximum Gasteiger partial charge on any atom is 0.126 e. The van der Waals surface area contributed by atoms with Gasteiger partial charge in [0.25, 0.3) is 0 Å². The van der Waals surface area contributed by atoms with E-state index < -0.39 is 0 Å². The van der Waals surface area contributed by atoms with E-state index in [2.05, 4.69) is 26.7 Å². The van der Waals surface area contributed by atoms with Crippen LogP contribution in [0.4, 0.5) is 11.6 Å². The third kappa shape index (κ3) is 4.96. The zero-order valence-corrected chi connectivity index (χ0v) is 15.7. The summed E-state index contributed by atoms with van der Waals surface area (Å²) >= 11 is 0. The summed E-state index contributed by atoms with van der Waals surface area (Å²) in [5, 5.41) is 7.30. The third-order valence-corrected chi connectivity index (χ3v) is 5.56. The molecule has 1 saturated heterocycles. The summed E-state index contributed by atoms with van der Waals surface area (Å²) < 4.78 is 5.70. The number of pyridine rings is 2. The lowest BCUT2D eigenvalue weighted by Crippen LogP contribution is -2.40. The van der Waals surface area contributed by atoms with Gasteiger partial charge in [0, 0.05) is 37.0 Å². The largest absolute Gasteiger partial charge is 0.384 e. The van der Waals surface area contributed by atoms with Crippen LogP contribution in [0.5, 0.6) is 0 Å². The van der Waals surface area contributed by atoms with E-state index in [0.717, 1.165) is 43.1 Å². The second kappa shape index (κ2) is 8.67. The van der Waals surface area contributed by atoms with E-state index in [0.29, 0.717) is 24.0 Å². The Kier molecular flexibility index (Phi) is 5.84. The first-order valence-electron chi connectivity index (χ1n) is 10.1. The lowest BCUT2D eigenvalue weighted by Gasteiger charge is -2.30. The van der Waals surface area contributed by atoms with Crippen molar-refractivity contribution in [2.24, 2.45) is 0 Å². The first kappa shape index (κ1) is 18.2. The summed E-state index contributed by atoms with van der Waals surface area (Å²) in [6.07, 6.45) is 9.37. The number of aromatic nitrogens is 2. The van der Waals surface area contributed by atoms with Gasteiger partial charge in [-0.15, -0.1) is 0 Å². The summed E-state index contributed by atoms with van der Waals surface area (Å²) in [6, 6.07) is 10.8. The van der Waals surface area contributed by atoms with Crippen LogP contribution in [0, 0.1) is 0 Å². The Hall–Kier alpha value is -2.18. The highest BCUT2D eigenvalue weighted by atomic mass is 16.5. The van der Waals surface area contributed by atoms with E-state index in [4.69, 9.17) is 10.5 Å². The maximum absolute atomic E-state index is 5.80. The van der Waals surface area contributed by atoms with Gasteiger partial charge in [0.05, 0.1) is 11.8 Å². The standard InChI is InChI=1S/C21H29N5O/c22-20-5-1-4-19(26-20)15-10-11-23-21(13-15)25-17-8-6-16(7-9-17)24-14-18-3-2-12-27-18/h1,4-5,10-11,13,16-18,24H,2-3,6-9,12,14H2,(H2,22,26)(H,23,25)/t16?,17?,18-/m0/s1. The van der Waals surface area contributed by atoms with Gasteiger partial charge in [0.2, 0.25) is 0 Å². The molecule has 144 valence electrons. The van der Waals surface area contributed by atoms with Crippen LogP contribution in [0.1, 0.15) is 38.5 Å². The molecule has 2 aromatic heterocycles.